The number of hydrogen-bond donors (Lipinski definition) is 2. The molecule has 0 bridgehead atoms. The van der Waals surface area contributed by atoms with Crippen LogP contribution in [0, 0.1) is 0 Å². The van der Waals surface area contributed by atoms with Gasteiger partial charge < -0.3 is 10.5 Å². The van der Waals surface area contributed by atoms with Gasteiger partial charge in [0, 0.05) is 6.42 Å². The molecule has 2 aliphatic heterocycles. The lowest BCUT2D eigenvalue weighted by molar-refractivity contribution is -0.136. The van der Waals surface area contributed by atoms with E-state index < -0.39 is 23.8 Å². The molecule has 9 heteroatoms. The summed E-state index contributed by atoms with van der Waals surface area (Å²) in [6.07, 6.45) is 12.2. The third-order valence-electron chi connectivity index (χ3n) is 6.28. The SMILES string of the molecule is Cl.NCCCCCCCCCCCCOc1ccc2c(c1)C(=O)N(C1CCC(=O)NC1=O)C2=O. The predicted molar refractivity (Wildman–Crippen MR) is 131 cm³/mol. The van der Waals surface area contributed by atoms with E-state index >= 15 is 0 Å². The third-order valence-corrected chi connectivity index (χ3v) is 6.28. The van der Waals surface area contributed by atoms with Gasteiger partial charge in [0.2, 0.25) is 11.8 Å². The van der Waals surface area contributed by atoms with E-state index in [2.05, 4.69) is 5.32 Å². The van der Waals surface area contributed by atoms with Crippen LogP contribution >= 0.6 is 12.4 Å². The number of benzene rings is 1. The second-order valence-corrected chi connectivity index (χ2v) is 8.83. The molecule has 188 valence electrons. The maximum atomic E-state index is 12.8. The molecule has 1 aromatic carbocycles. The van der Waals surface area contributed by atoms with Crippen molar-refractivity contribution in [2.24, 2.45) is 5.73 Å². The highest BCUT2D eigenvalue weighted by molar-refractivity contribution is 6.23. The molecule has 8 nitrogen and oxygen atoms in total. The summed E-state index contributed by atoms with van der Waals surface area (Å²) >= 11 is 0. The number of nitrogens with one attached hydrogen (secondary N) is 1. The van der Waals surface area contributed by atoms with Crippen LogP contribution in [0.4, 0.5) is 0 Å². The first kappa shape index (κ1) is 27.8. The molecule has 0 aromatic heterocycles. The molecule has 3 rings (SSSR count). The zero-order chi connectivity index (χ0) is 23.6. The van der Waals surface area contributed by atoms with Gasteiger partial charge in [-0.1, -0.05) is 51.4 Å². The Morgan fingerprint density at radius 3 is 2.06 bits per heavy atom. The number of nitrogens with two attached hydrogens (primary N) is 1. The first-order valence-corrected chi connectivity index (χ1v) is 12.2. The maximum Gasteiger partial charge on any atom is 0.262 e. The molecule has 0 radical (unpaired) electrons. The van der Waals surface area contributed by atoms with Crippen molar-refractivity contribution in [3.8, 4) is 5.75 Å². The Hall–Kier alpha value is -2.45. The van der Waals surface area contributed by atoms with Crippen LogP contribution in [-0.4, -0.2) is 47.7 Å². The molecule has 0 aliphatic carbocycles. The predicted octanol–water partition coefficient (Wildman–Crippen LogP) is 3.75. The minimum absolute atomic E-state index is 0. The molecule has 1 saturated heterocycles. The van der Waals surface area contributed by atoms with Crippen molar-refractivity contribution >= 4 is 36.0 Å². The fourth-order valence-electron chi connectivity index (χ4n) is 4.39. The Morgan fingerprint density at radius 2 is 1.44 bits per heavy atom. The molecule has 34 heavy (non-hydrogen) atoms. The van der Waals surface area contributed by atoms with Crippen LogP contribution in [0.25, 0.3) is 0 Å². The maximum absolute atomic E-state index is 12.8. The van der Waals surface area contributed by atoms with E-state index in [-0.39, 0.29) is 42.3 Å². The van der Waals surface area contributed by atoms with Crippen molar-refractivity contribution in [1.29, 1.82) is 0 Å². The molecule has 1 fully saturated rings. The molecule has 2 heterocycles. The van der Waals surface area contributed by atoms with E-state index in [1.54, 1.807) is 18.2 Å². The minimum atomic E-state index is -0.953. The lowest BCUT2D eigenvalue weighted by atomic mass is 10.0. The van der Waals surface area contributed by atoms with Crippen LogP contribution in [0.5, 0.6) is 5.75 Å². The molecule has 3 N–H and O–H groups in total. The van der Waals surface area contributed by atoms with Gasteiger partial charge in [0.1, 0.15) is 11.8 Å². The monoisotopic (exact) mass is 493 g/mol. The highest BCUT2D eigenvalue weighted by Gasteiger charge is 2.44. The topological polar surface area (TPSA) is 119 Å². The van der Waals surface area contributed by atoms with Gasteiger partial charge in [-0.15, -0.1) is 12.4 Å². The lowest BCUT2D eigenvalue weighted by Gasteiger charge is -2.27. The van der Waals surface area contributed by atoms with E-state index in [0.717, 1.165) is 30.7 Å². The number of unbranched alkanes of at least 4 members (excludes halogenated alkanes) is 9. The Morgan fingerprint density at radius 1 is 0.853 bits per heavy atom. The molecule has 0 spiro atoms. The van der Waals surface area contributed by atoms with Crippen molar-refractivity contribution in [2.45, 2.75) is 83.1 Å². The van der Waals surface area contributed by atoms with Gasteiger partial charge in [0.25, 0.3) is 11.8 Å². The van der Waals surface area contributed by atoms with E-state index in [1.165, 1.54) is 44.9 Å². The van der Waals surface area contributed by atoms with Gasteiger partial charge in [0.15, 0.2) is 0 Å². The van der Waals surface area contributed by atoms with Crippen LogP contribution in [0.1, 0.15) is 97.8 Å². The summed E-state index contributed by atoms with van der Waals surface area (Å²) < 4.78 is 5.80. The van der Waals surface area contributed by atoms with Gasteiger partial charge in [-0.05, 0) is 44.0 Å². The summed E-state index contributed by atoms with van der Waals surface area (Å²) in [5.74, 6) is -1.48. The van der Waals surface area contributed by atoms with Crippen molar-refractivity contribution in [1.82, 2.24) is 10.2 Å². The number of carbonyl (C=O) groups is 4. The summed E-state index contributed by atoms with van der Waals surface area (Å²) in [5, 5.41) is 2.20. The Bertz CT molecular complexity index is 876. The van der Waals surface area contributed by atoms with E-state index in [0.29, 0.717) is 12.4 Å². The normalized spacial score (nSPS) is 17.4. The number of ether oxygens (including phenoxy) is 1. The number of imide groups is 2. The summed E-state index contributed by atoms with van der Waals surface area (Å²) in [5.41, 5.74) is 6.01. The smallest absolute Gasteiger partial charge is 0.262 e. The second kappa shape index (κ2) is 14.1. The van der Waals surface area contributed by atoms with Crippen LogP contribution in [-0.2, 0) is 9.59 Å². The van der Waals surface area contributed by atoms with E-state index in [1.807, 2.05) is 0 Å². The second-order valence-electron chi connectivity index (χ2n) is 8.83. The standard InChI is InChI=1S/C25H35N3O5.ClH/c26-15-9-7-5-3-1-2-4-6-8-10-16-33-18-11-12-19-20(17-18)25(32)28(24(19)31)21-13-14-22(29)27-23(21)30;/h11-12,17,21H,1-10,13-16,26H2,(H,27,29,30);1H. The highest BCUT2D eigenvalue weighted by atomic mass is 35.5. The number of nitrogens with zero attached hydrogens (tertiary/aromatic N) is 1. The molecule has 2 aliphatic rings. The Balaban J connectivity index is 0.00000408. The minimum Gasteiger partial charge on any atom is -0.494 e. The van der Waals surface area contributed by atoms with Crippen molar-refractivity contribution in [3.63, 3.8) is 0 Å². The van der Waals surface area contributed by atoms with Crippen LogP contribution < -0.4 is 15.8 Å². The first-order chi connectivity index (χ1) is 16.0. The van der Waals surface area contributed by atoms with Gasteiger partial charge in [-0.2, -0.15) is 0 Å². The average Bonchev–Trinajstić information content (AvgIpc) is 3.04. The Kier molecular flexibility index (Phi) is 11.5. The largest absolute Gasteiger partial charge is 0.494 e. The van der Waals surface area contributed by atoms with Crippen LogP contribution in [0.2, 0.25) is 0 Å². The molecular weight excluding hydrogens is 458 g/mol. The molecule has 1 atom stereocenters. The fourth-order valence-corrected chi connectivity index (χ4v) is 4.39. The summed E-state index contributed by atoms with van der Waals surface area (Å²) in [6.45, 7) is 1.35. The number of hydrogen-bond acceptors (Lipinski definition) is 6. The van der Waals surface area contributed by atoms with Crippen molar-refractivity contribution < 1.29 is 23.9 Å². The quantitative estimate of drug-likeness (QED) is 0.301. The Labute approximate surface area is 207 Å². The summed E-state index contributed by atoms with van der Waals surface area (Å²) in [6, 6.07) is 3.88. The lowest BCUT2D eigenvalue weighted by Crippen LogP contribution is -2.54. The molecule has 4 amide bonds. The number of fused-ring (bicyclic) bond motifs is 1. The van der Waals surface area contributed by atoms with E-state index in [9.17, 15) is 19.2 Å². The molecule has 1 unspecified atom stereocenters. The first-order valence-electron chi connectivity index (χ1n) is 12.2. The van der Waals surface area contributed by atoms with Gasteiger partial charge in [0.05, 0.1) is 17.7 Å². The fraction of sp³-hybridized carbons (Fsp3) is 0.600. The molecular formula is C25H36ClN3O5. The zero-order valence-electron chi connectivity index (χ0n) is 19.7. The zero-order valence-corrected chi connectivity index (χ0v) is 20.5. The van der Waals surface area contributed by atoms with Gasteiger partial charge in [-0.25, -0.2) is 0 Å². The van der Waals surface area contributed by atoms with Gasteiger partial charge >= 0.3 is 0 Å². The number of carbonyl (C=O) groups excluding carboxylic acids is 4. The summed E-state index contributed by atoms with van der Waals surface area (Å²) in [7, 11) is 0. The average molecular weight is 494 g/mol. The number of piperidine rings is 1. The molecule has 1 aromatic rings. The molecule has 0 saturated carbocycles. The number of rotatable bonds is 14. The third kappa shape index (κ3) is 7.27. The van der Waals surface area contributed by atoms with Gasteiger partial charge in [-0.3, -0.25) is 29.4 Å². The van der Waals surface area contributed by atoms with Crippen molar-refractivity contribution in [2.75, 3.05) is 13.2 Å². The highest BCUT2D eigenvalue weighted by Crippen LogP contribution is 2.30. The van der Waals surface area contributed by atoms with Crippen molar-refractivity contribution in [3.05, 3.63) is 29.3 Å². The van der Waals surface area contributed by atoms with Crippen LogP contribution in [0.3, 0.4) is 0 Å². The van der Waals surface area contributed by atoms with Crippen LogP contribution in [0.15, 0.2) is 18.2 Å². The number of halogens is 1. The number of amides is 4. The summed E-state index contributed by atoms with van der Waals surface area (Å²) in [4.78, 5) is 50.0. The van der Waals surface area contributed by atoms with E-state index in [4.69, 9.17) is 10.5 Å².